The number of carbonyl (C=O) groups is 1. The number of nitrogens with zero attached hydrogens (tertiary/aromatic N) is 2. The Morgan fingerprint density at radius 1 is 1.25 bits per heavy atom. The number of aliphatic hydroxyl groups excluding tert-OH is 1. The predicted octanol–water partition coefficient (Wildman–Crippen LogP) is 3.36. The fourth-order valence-electron chi connectivity index (χ4n) is 3.93. The second-order valence-corrected chi connectivity index (χ2v) is 7.14. The van der Waals surface area contributed by atoms with E-state index < -0.39 is 0 Å². The molecule has 5 heteroatoms. The van der Waals surface area contributed by atoms with Gasteiger partial charge in [0.05, 0.1) is 12.6 Å². The van der Waals surface area contributed by atoms with Crippen LogP contribution in [0.5, 0.6) is 0 Å². The van der Waals surface area contributed by atoms with Crippen molar-refractivity contribution < 1.29 is 9.90 Å². The number of likely N-dealkylation sites (tertiary alicyclic amines) is 1. The standard InChI is InChI=1S/C19H29N3O2/c1-14-12-16(21-10-4-3-6-15(21)2)8-9-18(14)20-19(24)22-11-5-7-17(22)13-23/h8-9,12,15,17,23H,3-7,10-11,13H2,1-2H3,(H,20,24). The molecule has 24 heavy (non-hydrogen) atoms. The summed E-state index contributed by atoms with van der Waals surface area (Å²) in [6, 6.07) is 6.72. The number of hydrogen-bond acceptors (Lipinski definition) is 3. The van der Waals surface area contributed by atoms with Crippen LogP contribution in [-0.2, 0) is 0 Å². The third kappa shape index (κ3) is 3.51. The number of amides is 2. The largest absolute Gasteiger partial charge is 0.394 e. The number of nitrogens with one attached hydrogen (secondary N) is 1. The normalized spacial score (nSPS) is 24.3. The van der Waals surface area contributed by atoms with E-state index in [-0.39, 0.29) is 18.7 Å². The number of aliphatic hydroxyl groups is 1. The lowest BCUT2D eigenvalue weighted by Gasteiger charge is -2.35. The predicted molar refractivity (Wildman–Crippen MR) is 97.7 cm³/mol. The van der Waals surface area contributed by atoms with Crippen LogP contribution in [0.15, 0.2) is 18.2 Å². The van der Waals surface area contributed by atoms with E-state index in [1.807, 2.05) is 13.0 Å². The Labute approximate surface area is 144 Å². The molecule has 132 valence electrons. The van der Waals surface area contributed by atoms with Gasteiger partial charge in [-0.1, -0.05) is 0 Å². The lowest BCUT2D eigenvalue weighted by Crippen LogP contribution is -2.40. The first-order valence-electron chi connectivity index (χ1n) is 9.16. The van der Waals surface area contributed by atoms with Crippen LogP contribution < -0.4 is 10.2 Å². The van der Waals surface area contributed by atoms with Gasteiger partial charge in [-0.05, 0) is 69.7 Å². The van der Waals surface area contributed by atoms with Gasteiger partial charge in [-0.3, -0.25) is 0 Å². The first-order valence-corrected chi connectivity index (χ1v) is 9.16. The Bertz CT molecular complexity index is 590. The zero-order valence-electron chi connectivity index (χ0n) is 14.8. The Kier molecular flexibility index (Phi) is 5.29. The molecule has 2 saturated heterocycles. The lowest BCUT2D eigenvalue weighted by atomic mass is 10.0. The van der Waals surface area contributed by atoms with Crippen LogP contribution in [0.2, 0.25) is 0 Å². The minimum Gasteiger partial charge on any atom is -0.394 e. The Balaban J connectivity index is 1.69. The van der Waals surface area contributed by atoms with E-state index in [9.17, 15) is 9.90 Å². The number of anilines is 2. The maximum atomic E-state index is 12.5. The highest BCUT2D eigenvalue weighted by atomic mass is 16.3. The third-order valence-electron chi connectivity index (χ3n) is 5.43. The second-order valence-electron chi connectivity index (χ2n) is 7.14. The summed E-state index contributed by atoms with van der Waals surface area (Å²) in [6.45, 7) is 6.20. The van der Waals surface area contributed by atoms with Gasteiger partial charge in [0.15, 0.2) is 0 Å². The van der Waals surface area contributed by atoms with Gasteiger partial charge in [-0.15, -0.1) is 0 Å². The zero-order valence-corrected chi connectivity index (χ0v) is 14.8. The molecular weight excluding hydrogens is 302 g/mol. The fourth-order valence-corrected chi connectivity index (χ4v) is 3.93. The van der Waals surface area contributed by atoms with Gasteiger partial charge in [0.1, 0.15) is 0 Å². The number of benzene rings is 1. The summed E-state index contributed by atoms with van der Waals surface area (Å²) < 4.78 is 0. The molecule has 0 aliphatic carbocycles. The number of aryl methyl sites for hydroxylation is 1. The van der Waals surface area contributed by atoms with Gasteiger partial charge in [0.25, 0.3) is 0 Å². The Hall–Kier alpha value is -1.75. The quantitative estimate of drug-likeness (QED) is 0.893. The van der Waals surface area contributed by atoms with Gasteiger partial charge in [0.2, 0.25) is 0 Å². The van der Waals surface area contributed by atoms with Crippen LogP contribution in [0.25, 0.3) is 0 Å². The smallest absolute Gasteiger partial charge is 0.322 e. The van der Waals surface area contributed by atoms with Crippen LogP contribution in [0.3, 0.4) is 0 Å². The highest BCUT2D eigenvalue weighted by Gasteiger charge is 2.28. The van der Waals surface area contributed by atoms with Gasteiger partial charge >= 0.3 is 6.03 Å². The van der Waals surface area contributed by atoms with Crippen LogP contribution >= 0.6 is 0 Å². The third-order valence-corrected chi connectivity index (χ3v) is 5.43. The maximum absolute atomic E-state index is 12.5. The summed E-state index contributed by atoms with van der Waals surface area (Å²) >= 11 is 0. The molecule has 5 nitrogen and oxygen atoms in total. The van der Waals surface area contributed by atoms with Crippen molar-refractivity contribution in [2.75, 3.05) is 29.9 Å². The van der Waals surface area contributed by atoms with Crippen molar-refractivity contribution in [2.24, 2.45) is 0 Å². The van der Waals surface area contributed by atoms with Crippen molar-refractivity contribution in [2.45, 2.75) is 58.0 Å². The molecule has 0 spiro atoms. The molecule has 1 aromatic carbocycles. The summed E-state index contributed by atoms with van der Waals surface area (Å²) in [5.74, 6) is 0. The Morgan fingerprint density at radius 2 is 2.08 bits per heavy atom. The van der Waals surface area contributed by atoms with Crippen molar-refractivity contribution in [1.29, 1.82) is 0 Å². The topological polar surface area (TPSA) is 55.8 Å². The molecule has 2 unspecified atom stereocenters. The van der Waals surface area contributed by atoms with Crippen molar-refractivity contribution in [3.63, 3.8) is 0 Å². The zero-order chi connectivity index (χ0) is 17.1. The number of hydrogen-bond donors (Lipinski definition) is 2. The van der Waals surface area contributed by atoms with Crippen LogP contribution in [-0.4, -0.2) is 47.8 Å². The molecular formula is C19H29N3O2. The average Bonchev–Trinajstić information content (AvgIpc) is 3.06. The summed E-state index contributed by atoms with van der Waals surface area (Å²) in [5, 5.41) is 12.4. The summed E-state index contributed by atoms with van der Waals surface area (Å²) in [7, 11) is 0. The summed E-state index contributed by atoms with van der Waals surface area (Å²) in [4.78, 5) is 16.7. The number of piperidine rings is 1. The highest BCUT2D eigenvalue weighted by Crippen LogP contribution is 2.28. The molecule has 2 N–H and O–H groups in total. The van der Waals surface area contributed by atoms with Gasteiger partial charge in [-0.2, -0.15) is 0 Å². The van der Waals surface area contributed by atoms with Crippen molar-refractivity contribution >= 4 is 17.4 Å². The molecule has 0 radical (unpaired) electrons. The van der Waals surface area contributed by atoms with E-state index >= 15 is 0 Å². The van der Waals surface area contributed by atoms with Gasteiger partial charge in [0, 0.05) is 30.5 Å². The van der Waals surface area contributed by atoms with E-state index in [0.29, 0.717) is 6.04 Å². The summed E-state index contributed by atoms with van der Waals surface area (Å²) in [5.41, 5.74) is 3.18. The molecule has 1 aromatic rings. The molecule has 0 bridgehead atoms. The maximum Gasteiger partial charge on any atom is 0.322 e. The number of carbonyl (C=O) groups excluding carboxylic acids is 1. The van der Waals surface area contributed by atoms with Crippen LogP contribution in [0, 0.1) is 6.92 Å². The van der Waals surface area contributed by atoms with Gasteiger partial charge < -0.3 is 20.2 Å². The SMILES string of the molecule is Cc1cc(N2CCCCC2C)ccc1NC(=O)N1CCCC1CO. The molecule has 2 aliphatic rings. The average molecular weight is 331 g/mol. The van der Waals surface area contributed by atoms with Crippen molar-refractivity contribution in [3.8, 4) is 0 Å². The minimum absolute atomic E-state index is 0.0399. The van der Waals surface area contributed by atoms with E-state index in [2.05, 4.69) is 29.3 Å². The highest BCUT2D eigenvalue weighted by molar-refractivity contribution is 5.90. The van der Waals surface area contributed by atoms with E-state index in [0.717, 1.165) is 37.2 Å². The fraction of sp³-hybridized carbons (Fsp3) is 0.632. The molecule has 0 saturated carbocycles. The monoisotopic (exact) mass is 331 g/mol. The van der Waals surface area contributed by atoms with Crippen LogP contribution in [0.1, 0.15) is 44.6 Å². The van der Waals surface area contributed by atoms with E-state index in [4.69, 9.17) is 0 Å². The molecule has 2 heterocycles. The molecule has 2 atom stereocenters. The van der Waals surface area contributed by atoms with Crippen LogP contribution in [0.4, 0.5) is 16.2 Å². The number of urea groups is 1. The molecule has 2 amide bonds. The second kappa shape index (κ2) is 7.43. The summed E-state index contributed by atoms with van der Waals surface area (Å²) in [6.07, 6.45) is 5.65. The first kappa shape index (κ1) is 17.1. The molecule has 2 aliphatic heterocycles. The molecule has 0 aromatic heterocycles. The van der Waals surface area contributed by atoms with Crippen molar-refractivity contribution in [3.05, 3.63) is 23.8 Å². The van der Waals surface area contributed by atoms with Crippen molar-refractivity contribution in [1.82, 2.24) is 4.90 Å². The first-order chi connectivity index (χ1) is 11.6. The van der Waals surface area contributed by atoms with E-state index in [1.54, 1.807) is 4.90 Å². The molecule has 3 rings (SSSR count). The molecule has 2 fully saturated rings. The Morgan fingerprint density at radius 3 is 2.79 bits per heavy atom. The minimum atomic E-state index is -0.103. The van der Waals surface area contributed by atoms with Gasteiger partial charge in [-0.25, -0.2) is 4.79 Å². The number of rotatable bonds is 3. The lowest BCUT2D eigenvalue weighted by molar-refractivity contribution is 0.166. The van der Waals surface area contributed by atoms with E-state index in [1.165, 1.54) is 24.9 Å².